The molecule has 0 bridgehead atoms. The highest BCUT2D eigenvalue weighted by Crippen LogP contribution is 2.31. The molecule has 0 spiro atoms. The van der Waals surface area contributed by atoms with E-state index in [1.807, 2.05) is 43.7 Å². The average Bonchev–Trinajstić information content (AvgIpc) is 3.05. The van der Waals surface area contributed by atoms with Gasteiger partial charge in [0.25, 0.3) is 0 Å². The second-order valence-electron chi connectivity index (χ2n) is 9.96. The summed E-state index contributed by atoms with van der Waals surface area (Å²) in [4.78, 5) is 17.2. The lowest BCUT2D eigenvalue weighted by molar-refractivity contribution is 0.00671. The second-order valence-corrected chi connectivity index (χ2v) is 16.5. The molecule has 2 heterocycles. The molecule has 0 aliphatic carbocycles. The van der Waals surface area contributed by atoms with Crippen molar-refractivity contribution in [2.24, 2.45) is 0 Å². The van der Waals surface area contributed by atoms with Crippen molar-refractivity contribution in [1.29, 1.82) is 0 Å². The summed E-state index contributed by atoms with van der Waals surface area (Å²) in [6.07, 6.45) is 3.61. The number of carbonyl (C=O) groups is 1. The van der Waals surface area contributed by atoms with Gasteiger partial charge >= 0.3 is 5.97 Å². The fourth-order valence-corrected chi connectivity index (χ4v) is 4.07. The number of hydrogen-bond donors (Lipinski definition) is 0. The van der Waals surface area contributed by atoms with Gasteiger partial charge in [0, 0.05) is 30.7 Å². The van der Waals surface area contributed by atoms with Gasteiger partial charge in [-0.15, -0.1) is 0 Å². The number of nitrogens with zero attached hydrogens (tertiary/aromatic N) is 2. The van der Waals surface area contributed by atoms with E-state index >= 15 is 0 Å². The third-order valence-corrected chi connectivity index (χ3v) is 6.79. The first-order valence-electron chi connectivity index (χ1n) is 10.6. The molecule has 0 saturated carbocycles. The van der Waals surface area contributed by atoms with Crippen LogP contribution in [-0.4, -0.2) is 35.8 Å². The lowest BCUT2D eigenvalue weighted by atomic mass is 10.1. The number of benzene rings is 1. The molecule has 0 amide bonds. The van der Waals surface area contributed by atoms with Crippen LogP contribution < -0.4 is 4.74 Å². The largest absolute Gasteiger partial charge is 0.456 e. The number of pyridine rings is 1. The van der Waals surface area contributed by atoms with Crippen LogP contribution in [0.3, 0.4) is 0 Å². The van der Waals surface area contributed by atoms with E-state index < -0.39 is 19.6 Å². The molecule has 3 aromatic rings. The van der Waals surface area contributed by atoms with Crippen molar-refractivity contribution in [1.82, 2.24) is 9.55 Å². The number of fused-ring (bicyclic) bond motifs is 1. The zero-order valence-corrected chi connectivity index (χ0v) is 22.2. The minimum atomic E-state index is -1.11. The monoisotopic (exact) mass is 518 g/mol. The maximum absolute atomic E-state index is 12.6. The van der Waals surface area contributed by atoms with E-state index in [4.69, 9.17) is 14.2 Å². The van der Waals surface area contributed by atoms with E-state index in [0.717, 1.165) is 28.2 Å². The standard InChI is InChI=1S/C24H31BrN2O4Si/c1-24(2,3)31-23(28)20-8-7-18(25)14-21(20)30-19-13-17-9-10-27(22(17)26-15-19)16-29-11-12-32(4,5)6/h7-10,13-15H,11-12,16H2,1-6H3. The Bertz CT molecular complexity index is 1100. The van der Waals surface area contributed by atoms with Crippen LogP contribution in [-0.2, 0) is 16.2 Å². The molecular formula is C24H31BrN2O4Si. The van der Waals surface area contributed by atoms with Crippen LogP contribution >= 0.6 is 15.9 Å². The van der Waals surface area contributed by atoms with Crippen LogP contribution in [0.5, 0.6) is 11.5 Å². The summed E-state index contributed by atoms with van der Waals surface area (Å²) in [5, 5.41) is 0.935. The van der Waals surface area contributed by atoms with Crippen LogP contribution in [0.1, 0.15) is 31.1 Å². The van der Waals surface area contributed by atoms with Gasteiger partial charge in [0.05, 0.1) is 6.20 Å². The molecule has 3 rings (SSSR count). The van der Waals surface area contributed by atoms with E-state index in [1.54, 1.807) is 24.4 Å². The zero-order valence-electron chi connectivity index (χ0n) is 19.6. The fourth-order valence-electron chi connectivity index (χ4n) is 2.97. The smallest absolute Gasteiger partial charge is 0.342 e. The number of ether oxygens (including phenoxy) is 3. The molecule has 6 nitrogen and oxygen atoms in total. The molecule has 0 aliphatic heterocycles. The van der Waals surface area contributed by atoms with Gasteiger partial charge in [-0.25, -0.2) is 9.78 Å². The molecule has 0 N–H and O–H groups in total. The Morgan fingerprint density at radius 2 is 1.91 bits per heavy atom. The molecular weight excluding hydrogens is 488 g/mol. The number of hydrogen-bond acceptors (Lipinski definition) is 5. The molecule has 0 aliphatic rings. The van der Waals surface area contributed by atoms with E-state index in [9.17, 15) is 4.79 Å². The first-order valence-corrected chi connectivity index (χ1v) is 15.1. The Balaban J connectivity index is 1.76. The third kappa shape index (κ3) is 6.92. The van der Waals surface area contributed by atoms with E-state index in [0.29, 0.717) is 23.8 Å². The third-order valence-electron chi connectivity index (χ3n) is 4.59. The van der Waals surface area contributed by atoms with Gasteiger partial charge in [-0.05, 0) is 57.1 Å². The summed E-state index contributed by atoms with van der Waals surface area (Å²) in [6.45, 7) is 13.7. The predicted molar refractivity (Wildman–Crippen MR) is 133 cm³/mol. The molecule has 8 heteroatoms. The van der Waals surface area contributed by atoms with Crippen molar-refractivity contribution < 1.29 is 19.0 Å². The Morgan fingerprint density at radius 1 is 1.16 bits per heavy atom. The minimum absolute atomic E-state index is 0.358. The number of carbonyl (C=O) groups excluding carboxylic acids is 1. The van der Waals surface area contributed by atoms with Crippen molar-refractivity contribution in [3.63, 3.8) is 0 Å². The molecule has 0 atom stereocenters. The Kier molecular flexibility index (Phi) is 7.47. The quantitative estimate of drug-likeness (QED) is 0.185. The van der Waals surface area contributed by atoms with Crippen molar-refractivity contribution in [3.05, 3.63) is 52.8 Å². The number of aromatic nitrogens is 2. The Hall–Kier alpha value is -2.16. The zero-order chi connectivity index (χ0) is 23.5. The van der Waals surface area contributed by atoms with Gasteiger partial charge in [-0.2, -0.15) is 0 Å². The molecule has 172 valence electrons. The summed E-state index contributed by atoms with van der Waals surface area (Å²) in [7, 11) is -1.11. The fraction of sp³-hybridized carbons (Fsp3) is 0.417. The molecule has 0 fully saturated rings. The predicted octanol–water partition coefficient (Wildman–Crippen LogP) is 6.86. The molecule has 2 aromatic heterocycles. The molecule has 32 heavy (non-hydrogen) atoms. The topological polar surface area (TPSA) is 62.6 Å². The normalized spacial score (nSPS) is 12.2. The summed E-state index contributed by atoms with van der Waals surface area (Å²) >= 11 is 3.44. The first-order chi connectivity index (χ1) is 14.9. The second kappa shape index (κ2) is 9.76. The number of esters is 1. The molecule has 0 unspecified atom stereocenters. The Labute approximate surface area is 199 Å². The van der Waals surface area contributed by atoms with Crippen molar-refractivity contribution >= 4 is 41.0 Å². The number of rotatable bonds is 8. The van der Waals surface area contributed by atoms with Crippen LogP contribution in [0.25, 0.3) is 11.0 Å². The molecule has 1 aromatic carbocycles. The van der Waals surface area contributed by atoms with Crippen LogP contribution in [0, 0.1) is 0 Å². The van der Waals surface area contributed by atoms with Gasteiger partial charge in [-0.1, -0.05) is 35.6 Å². The van der Waals surface area contributed by atoms with Gasteiger partial charge in [0.2, 0.25) is 0 Å². The van der Waals surface area contributed by atoms with E-state index in [1.165, 1.54) is 0 Å². The highest BCUT2D eigenvalue weighted by molar-refractivity contribution is 9.10. The van der Waals surface area contributed by atoms with Crippen LogP contribution in [0.2, 0.25) is 25.7 Å². The summed E-state index contributed by atoms with van der Waals surface area (Å²) in [6, 6.07) is 10.2. The van der Waals surface area contributed by atoms with E-state index in [-0.39, 0.29) is 0 Å². The lowest BCUT2D eigenvalue weighted by Gasteiger charge is -2.20. The van der Waals surface area contributed by atoms with Gasteiger partial charge < -0.3 is 18.8 Å². The van der Waals surface area contributed by atoms with Crippen molar-refractivity contribution in [3.8, 4) is 11.5 Å². The van der Waals surface area contributed by atoms with Crippen molar-refractivity contribution in [2.45, 2.75) is 58.8 Å². The average molecular weight is 520 g/mol. The summed E-state index contributed by atoms with van der Waals surface area (Å²) in [5.41, 5.74) is 0.589. The SMILES string of the molecule is CC(C)(C)OC(=O)c1ccc(Br)cc1Oc1cnc2c(ccn2COCC[Si](C)(C)C)c1. The van der Waals surface area contributed by atoms with Gasteiger partial charge in [0.1, 0.15) is 35.0 Å². The Morgan fingerprint density at radius 3 is 2.59 bits per heavy atom. The van der Waals surface area contributed by atoms with Gasteiger partial charge in [0.15, 0.2) is 0 Å². The number of halogens is 1. The van der Waals surface area contributed by atoms with E-state index in [2.05, 4.69) is 40.6 Å². The minimum Gasteiger partial charge on any atom is -0.456 e. The molecule has 0 radical (unpaired) electrons. The van der Waals surface area contributed by atoms with Crippen molar-refractivity contribution in [2.75, 3.05) is 6.61 Å². The summed E-state index contributed by atoms with van der Waals surface area (Å²) < 4.78 is 20.2. The van der Waals surface area contributed by atoms with Crippen LogP contribution in [0.15, 0.2) is 47.2 Å². The molecule has 0 saturated heterocycles. The van der Waals surface area contributed by atoms with Gasteiger partial charge in [-0.3, -0.25) is 0 Å². The lowest BCUT2D eigenvalue weighted by Crippen LogP contribution is -2.24. The highest BCUT2D eigenvalue weighted by atomic mass is 79.9. The first kappa shape index (κ1) is 24.5. The van der Waals surface area contributed by atoms with Crippen LogP contribution in [0.4, 0.5) is 0 Å². The highest BCUT2D eigenvalue weighted by Gasteiger charge is 2.22. The maximum Gasteiger partial charge on any atom is 0.342 e. The maximum atomic E-state index is 12.6. The summed E-state index contributed by atoms with van der Waals surface area (Å²) in [5.74, 6) is 0.511.